The maximum absolute atomic E-state index is 12.2. The third-order valence-electron chi connectivity index (χ3n) is 4.57. The Morgan fingerprint density at radius 1 is 1.08 bits per heavy atom. The fourth-order valence-corrected chi connectivity index (χ4v) is 3.17. The first-order chi connectivity index (χ1) is 12.8. The lowest BCUT2D eigenvalue weighted by Gasteiger charge is -2.11. The van der Waals surface area contributed by atoms with Crippen molar-refractivity contribution in [1.29, 1.82) is 0 Å². The average Bonchev–Trinajstić information content (AvgIpc) is 3.38. The zero-order valence-electron chi connectivity index (χ0n) is 14.3. The number of hydrogen-bond donors (Lipinski definition) is 2. The highest BCUT2D eigenvalue weighted by molar-refractivity contribution is 5.92. The van der Waals surface area contributed by atoms with Gasteiger partial charge in [0.05, 0.1) is 0 Å². The molecular weight excluding hydrogens is 328 g/mol. The second-order valence-electron chi connectivity index (χ2n) is 6.40. The van der Waals surface area contributed by atoms with Crippen molar-refractivity contribution in [2.24, 2.45) is 5.92 Å². The molecule has 4 rings (SSSR count). The normalized spacial score (nSPS) is 14.3. The number of nitrogens with one attached hydrogen (secondary N) is 2. The van der Waals surface area contributed by atoms with Crippen LogP contribution in [-0.4, -0.2) is 25.4 Å². The Morgan fingerprint density at radius 3 is 2.58 bits per heavy atom. The van der Waals surface area contributed by atoms with E-state index < -0.39 is 0 Å². The summed E-state index contributed by atoms with van der Waals surface area (Å²) in [7, 11) is 0. The van der Waals surface area contributed by atoms with E-state index in [0.29, 0.717) is 5.82 Å². The molecule has 0 bridgehead atoms. The van der Waals surface area contributed by atoms with E-state index in [-0.39, 0.29) is 11.8 Å². The van der Waals surface area contributed by atoms with Gasteiger partial charge in [0.1, 0.15) is 24.3 Å². The van der Waals surface area contributed by atoms with Gasteiger partial charge in [-0.25, -0.2) is 15.0 Å². The van der Waals surface area contributed by atoms with Gasteiger partial charge in [0.25, 0.3) is 0 Å². The van der Waals surface area contributed by atoms with Gasteiger partial charge >= 0.3 is 0 Å². The van der Waals surface area contributed by atoms with Gasteiger partial charge in [-0.1, -0.05) is 12.8 Å². The van der Waals surface area contributed by atoms with Gasteiger partial charge in [-0.15, -0.1) is 0 Å². The summed E-state index contributed by atoms with van der Waals surface area (Å²) >= 11 is 0. The van der Waals surface area contributed by atoms with Crippen LogP contribution in [0, 0.1) is 5.92 Å². The predicted molar refractivity (Wildman–Crippen MR) is 99.5 cm³/mol. The van der Waals surface area contributed by atoms with Gasteiger partial charge in [-0.05, 0) is 37.1 Å². The summed E-state index contributed by atoms with van der Waals surface area (Å²) in [6, 6.07) is 9.48. The summed E-state index contributed by atoms with van der Waals surface area (Å²) in [6.07, 6.45) is 11.0. The van der Waals surface area contributed by atoms with Gasteiger partial charge < -0.3 is 10.6 Å². The van der Waals surface area contributed by atoms with E-state index >= 15 is 0 Å². The molecule has 1 amide bonds. The van der Waals surface area contributed by atoms with E-state index in [4.69, 9.17) is 0 Å². The highest BCUT2D eigenvalue weighted by atomic mass is 16.1. The van der Waals surface area contributed by atoms with Crippen LogP contribution in [-0.2, 0) is 4.79 Å². The smallest absolute Gasteiger partial charge is 0.227 e. The molecule has 1 aromatic carbocycles. The first-order valence-electron chi connectivity index (χ1n) is 8.76. The lowest BCUT2D eigenvalue weighted by Crippen LogP contribution is -2.20. The highest BCUT2D eigenvalue weighted by Gasteiger charge is 2.22. The van der Waals surface area contributed by atoms with E-state index in [1.807, 2.05) is 41.1 Å². The minimum absolute atomic E-state index is 0.129. The molecule has 132 valence electrons. The lowest BCUT2D eigenvalue weighted by molar-refractivity contribution is -0.119. The van der Waals surface area contributed by atoms with E-state index in [0.717, 1.165) is 42.9 Å². The van der Waals surface area contributed by atoms with Crippen molar-refractivity contribution >= 4 is 23.1 Å². The Balaban J connectivity index is 1.41. The maximum atomic E-state index is 12.2. The van der Waals surface area contributed by atoms with Crippen LogP contribution in [0.4, 0.5) is 17.2 Å². The molecule has 7 heteroatoms. The van der Waals surface area contributed by atoms with Crippen LogP contribution >= 0.6 is 0 Å². The zero-order valence-corrected chi connectivity index (χ0v) is 14.3. The Labute approximate surface area is 151 Å². The maximum Gasteiger partial charge on any atom is 0.227 e. The van der Waals surface area contributed by atoms with Crippen molar-refractivity contribution in [3.05, 3.63) is 55.4 Å². The molecule has 0 radical (unpaired) electrons. The van der Waals surface area contributed by atoms with Crippen molar-refractivity contribution < 1.29 is 4.79 Å². The number of imidazole rings is 1. The summed E-state index contributed by atoms with van der Waals surface area (Å²) in [5.41, 5.74) is 1.70. The third kappa shape index (κ3) is 3.72. The summed E-state index contributed by atoms with van der Waals surface area (Å²) < 4.78 is 1.81. The molecule has 0 saturated heterocycles. The van der Waals surface area contributed by atoms with Crippen molar-refractivity contribution in [3.8, 4) is 5.82 Å². The minimum atomic E-state index is 0.129. The Morgan fingerprint density at radius 2 is 1.85 bits per heavy atom. The number of aromatic nitrogens is 4. The van der Waals surface area contributed by atoms with Crippen molar-refractivity contribution in [2.45, 2.75) is 25.7 Å². The number of hydrogen-bond acceptors (Lipinski definition) is 5. The summed E-state index contributed by atoms with van der Waals surface area (Å²) in [5.74, 6) is 1.71. The van der Waals surface area contributed by atoms with E-state index in [1.165, 1.54) is 6.33 Å². The quantitative estimate of drug-likeness (QED) is 0.737. The average molecular weight is 348 g/mol. The molecule has 2 aromatic heterocycles. The molecular formula is C19H20N6O. The number of anilines is 3. The minimum Gasteiger partial charge on any atom is -0.340 e. The first-order valence-corrected chi connectivity index (χ1v) is 8.76. The standard InChI is InChI=1S/C19H20N6O/c26-19(14-3-1-2-4-14)24-16-7-5-15(6-8-16)23-17-11-18(22-12-21-17)25-10-9-20-13-25/h5-14H,1-4H2,(H,24,26)(H,21,22,23). The van der Waals surface area contributed by atoms with Crippen LogP contribution < -0.4 is 10.6 Å². The second-order valence-corrected chi connectivity index (χ2v) is 6.40. The van der Waals surface area contributed by atoms with Gasteiger partial charge in [-0.3, -0.25) is 9.36 Å². The number of amides is 1. The largest absolute Gasteiger partial charge is 0.340 e. The zero-order chi connectivity index (χ0) is 17.8. The SMILES string of the molecule is O=C(Nc1ccc(Nc2cc(-n3ccnc3)ncn2)cc1)C1CCCC1. The van der Waals surface area contributed by atoms with Crippen molar-refractivity contribution in [1.82, 2.24) is 19.5 Å². The first kappa shape index (κ1) is 16.3. The fraction of sp³-hybridized carbons (Fsp3) is 0.263. The fourth-order valence-electron chi connectivity index (χ4n) is 3.17. The number of carbonyl (C=O) groups is 1. The van der Waals surface area contributed by atoms with Crippen LogP contribution in [0.3, 0.4) is 0 Å². The van der Waals surface area contributed by atoms with E-state index in [9.17, 15) is 4.79 Å². The van der Waals surface area contributed by atoms with Gasteiger partial charge in [0.2, 0.25) is 5.91 Å². The van der Waals surface area contributed by atoms with Crippen molar-refractivity contribution in [2.75, 3.05) is 10.6 Å². The molecule has 2 N–H and O–H groups in total. The van der Waals surface area contributed by atoms with Gasteiger partial charge in [0, 0.05) is 35.8 Å². The number of nitrogens with zero attached hydrogens (tertiary/aromatic N) is 4. The molecule has 1 saturated carbocycles. The molecule has 2 heterocycles. The number of carbonyl (C=O) groups excluding carboxylic acids is 1. The second kappa shape index (κ2) is 7.35. The molecule has 1 aliphatic rings. The Kier molecular flexibility index (Phi) is 4.59. The summed E-state index contributed by atoms with van der Waals surface area (Å²) in [4.78, 5) is 24.7. The van der Waals surface area contributed by atoms with E-state index in [2.05, 4.69) is 25.6 Å². The van der Waals surface area contributed by atoms with Crippen LogP contribution in [0.5, 0.6) is 0 Å². The molecule has 0 unspecified atom stereocenters. The number of benzene rings is 1. The highest BCUT2D eigenvalue weighted by Crippen LogP contribution is 2.26. The predicted octanol–water partition coefficient (Wildman–Crippen LogP) is 3.53. The molecule has 26 heavy (non-hydrogen) atoms. The van der Waals surface area contributed by atoms with Crippen LogP contribution in [0.2, 0.25) is 0 Å². The number of rotatable bonds is 5. The molecule has 0 atom stereocenters. The summed E-state index contributed by atoms with van der Waals surface area (Å²) in [6.45, 7) is 0. The third-order valence-corrected chi connectivity index (χ3v) is 4.57. The molecule has 0 aliphatic heterocycles. The van der Waals surface area contributed by atoms with Gasteiger partial charge in [0.15, 0.2) is 0 Å². The molecule has 3 aromatic rings. The van der Waals surface area contributed by atoms with E-state index in [1.54, 1.807) is 12.5 Å². The Bertz CT molecular complexity index is 869. The van der Waals surface area contributed by atoms with Crippen LogP contribution in [0.15, 0.2) is 55.4 Å². The topological polar surface area (TPSA) is 84.7 Å². The van der Waals surface area contributed by atoms with Crippen LogP contribution in [0.25, 0.3) is 5.82 Å². The molecule has 1 aliphatic carbocycles. The molecule has 1 fully saturated rings. The van der Waals surface area contributed by atoms with Crippen molar-refractivity contribution in [3.63, 3.8) is 0 Å². The molecule has 0 spiro atoms. The monoisotopic (exact) mass is 348 g/mol. The molecule has 7 nitrogen and oxygen atoms in total. The lowest BCUT2D eigenvalue weighted by atomic mass is 10.1. The van der Waals surface area contributed by atoms with Gasteiger partial charge in [-0.2, -0.15) is 0 Å². The van der Waals surface area contributed by atoms with Crippen LogP contribution in [0.1, 0.15) is 25.7 Å². The summed E-state index contributed by atoms with van der Waals surface area (Å²) in [5, 5.41) is 6.24. The Hall–Kier alpha value is -3.22.